The van der Waals surface area contributed by atoms with Crippen LogP contribution in [0.3, 0.4) is 0 Å². The average Bonchev–Trinajstić information content (AvgIpc) is 0.918. The Bertz CT molecular complexity index is 27.5. The second kappa shape index (κ2) is 11.9. The van der Waals surface area contributed by atoms with Gasteiger partial charge in [-0.1, -0.05) is 0 Å². The molecule has 0 saturated heterocycles. The molecule has 0 aliphatic carbocycles. The Morgan fingerprint density at radius 2 is 1.75 bits per heavy atom. The van der Waals surface area contributed by atoms with Crippen LogP contribution in [0.2, 0.25) is 0 Å². The number of nitrogens with zero attached hydrogens (tertiary/aromatic N) is 1. The molecule has 1 radical (unpaired) electrons. The van der Waals surface area contributed by atoms with Crippen LogP contribution in [0.1, 0.15) is 6.92 Å². The van der Waals surface area contributed by atoms with Crippen molar-refractivity contribution in [3.05, 3.63) is 0 Å². The quantitative estimate of drug-likeness (QED) is 0.412. The van der Waals surface area contributed by atoms with Crippen molar-refractivity contribution in [3.63, 3.8) is 0 Å². The van der Waals surface area contributed by atoms with Gasteiger partial charge < -0.3 is 0 Å². The van der Waals surface area contributed by atoms with Crippen LogP contribution in [0, 0.1) is 11.3 Å². The SMILES string of the molecule is CC#N.[Cu]. The number of rotatable bonds is 0. The molecular formula is C2H3CuN. The van der Waals surface area contributed by atoms with Crippen LogP contribution in [-0.4, -0.2) is 0 Å². The van der Waals surface area contributed by atoms with E-state index in [2.05, 4.69) is 0 Å². The molecule has 0 spiro atoms. The van der Waals surface area contributed by atoms with Crippen LogP contribution in [0.25, 0.3) is 0 Å². The van der Waals surface area contributed by atoms with Gasteiger partial charge >= 0.3 is 0 Å². The Balaban J connectivity index is 0. The first-order chi connectivity index (χ1) is 1.41. The van der Waals surface area contributed by atoms with E-state index in [0.717, 1.165) is 0 Å². The molecule has 0 bridgehead atoms. The van der Waals surface area contributed by atoms with Crippen LogP contribution in [0.4, 0.5) is 0 Å². The normalized spacial score (nSPS) is 2.00. The Labute approximate surface area is 36.1 Å². The van der Waals surface area contributed by atoms with Gasteiger partial charge in [-0.2, -0.15) is 5.26 Å². The van der Waals surface area contributed by atoms with Crippen molar-refractivity contribution in [2.75, 3.05) is 0 Å². The Morgan fingerprint density at radius 3 is 1.75 bits per heavy atom. The zero-order valence-corrected chi connectivity index (χ0v) is 3.19. The Kier molecular flexibility index (Phi) is 26.8. The van der Waals surface area contributed by atoms with Crippen molar-refractivity contribution in [2.24, 2.45) is 0 Å². The van der Waals surface area contributed by atoms with E-state index >= 15 is 0 Å². The molecule has 4 heavy (non-hydrogen) atoms. The smallest absolute Gasteiger partial charge is 0.0587 e. The monoisotopic (exact) mass is 104 g/mol. The van der Waals surface area contributed by atoms with Gasteiger partial charge in [-0.15, -0.1) is 0 Å². The third-order valence-corrected chi connectivity index (χ3v) is 0. The standard InChI is InChI=1S/C2H3N.Cu/c1-2-3;/h1H3;. The Morgan fingerprint density at radius 1 is 1.75 bits per heavy atom. The second-order valence-corrected chi connectivity index (χ2v) is 0.224. The molecule has 0 amide bonds. The summed E-state index contributed by atoms with van der Waals surface area (Å²) in [6.07, 6.45) is 0. The first-order valence-electron chi connectivity index (χ1n) is 0.724. The van der Waals surface area contributed by atoms with Crippen LogP contribution >= 0.6 is 0 Å². The average molecular weight is 105 g/mol. The van der Waals surface area contributed by atoms with Gasteiger partial charge in [0.2, 0.25) is 0 Å². The maximum atomic E-state index is 7.32. The third kappa shape index (κ3) is 22800. The van der Waals surface area contributed by atoms with Gasteiger partial charge in [0, 0.05) is 24.0 Å². The molecule has 0 N–H and O–H groups in total. The zero-order chi connectivity index (χ0) is 2.71. The molecule has 0 rings (SSSR count). The minimum absolute atomic E-state index is 0. The van der Waals surface area contributed by atoms with Crippen LogP contribution in [-0.2, 0) is 17.1 Å². The maximum absolute atomic E-state index is 7.32. The Hall–Kier alpha value is 0.00948. The predicted molar refractivity (Wildman–Crippen MR) is 11.3 cm³/mol. The molecule has 0 heterocycles. The summed E-state index contributed by atoms with van der Waals surface area (Å²) in [5.41, 5.74) is 0. The molecule has 1 nitrogen and oxygen atoms in total. The van der Waals surface area contributed by atoms with Crippen molar-refractivity contribution >= 4 is 0 Å². The number of hydrogen-bond donors (Lipinski definition) is 0. The summed E-state index contributed by atoms with van der Waals surface area (Å²) in [4.78, 5) is 0. The first-order valence-corrected chi connectivity index (χ1v) is 0.724. The summed E-state index contributed by atoms with van der Waals surface area (Å²) in [5.74, 6) is 0. The molecule has 2 heteroatoms. The van der Waals surface area contributed by atoms with Gasteiger partial charge in [-0.25, -0.2) is 0 Å². The van der Waals surface area contributed by atoms with Gasteiger partial charge in [0.15, 0.2) is 0 Å². The zero-order valence-electron chi connectivity index (χ0n) is 2.25. The van der Waals surface area contributed by atoms with Crippen molar-refractivity contribution in [3.8, 4) is 6.07 Å². The molecule has 0 fully saturated rings. The van der Waals surface area contributed by atoms with Crippen molar-refractivity contribution in [2.45, 2.75) is 6.92 Å². The third-order valence-electron chi connectivity index (χ3n) is 0. The van der Waals surface area contributed by atoms with Crippen LogP contribution in [0.5, 0.6) is 0 Å². The number of nitriles is 1. The molecule has 0 atom stereocenters. The topological polar surface area (TPSA) is 23.8 Å². The van der Waals surface area contributed by atoms with Gasteiger partial charge in [0.25, 0.3) is 0 Å². The predicted octanol–water partition coefficient (Wildman–Crippen LogP) is 0.527. The molecule has 0 aliphatic heterocycles. The fourth-order valence-electron chi connectivity index (χ4n) is 0. The van der Waals surface area contributed by atoms with E-state index in [9.17, 15) is 0 Å². The summed E-state index contributed by atoms with van der Waals surface area (Å²) in [5, 5.41) is 7.32. The molecule has 0 unspecified atom stereocenters. The minimum atomic E-state index is 0. The van der Waals surface area contributed by atoms with E-state index in [1.165, 1.54) is 6.92 Å². The number of hydrogen-bond acceptors (Lipinski definition) is 1. The van der Waals surface area contributed by atoms with E-state index in [0.29, 0.717) is 0 Å². The van der Waals surface area contributed by atoms with Crippen molar-refractivity contribution < 1.29 is 17.1 Å². The summed E-state index contributed by atoms with van der Waals surface area (Å²) >= 11 is 0. The minimum Gasteiger partial charge on any atom is -0.199 e. The fraction of sp³-hybridized carbons (Fsp3) is 0.500. The van der Waals surface area contributed by atoms with Crippen molar-refractivity contribution in [1.82, 2.24) is 0 Å². The maximum Gasteiger partial charge on any atom is 0.0587 e. The van der Waals surface area contributed by atoms with Gasteiger partial charge in [0.05, 0.1) is 6.07 Å². The summed E-state index contributed by atoms with van der Waals surface area (Å²) in [6.45, 7) is 1.43. The summed E-state index contributed by atoms with van der Waals surface area (Å²) in [6, 6.07) is 1.75. The van der Waals surface area contributed by atoms with Gasteiger partial charge in [0.1, 0.15) is 0 Å². The van der Waals surface area contributed by atoms with Gasteiger partial charge in [-0.3, -0.25) is 0 Å². The van der Waals surface area contributed by atoms with E-state index < -0.39 is 0 Å². The molecule has 27 valence electrons. The van der Waals surface area contributed by atoms with Crippen LogP contribution in [0.15, 0.2) is 0 Å². The molecule has 0 aromatic carbocycles. The molecule has 0 aliphatic rings. The second-order valence-electron chi connectivity index (χ2n) is 0.224. The van der Waals surface area contributed by atoms with E-state index in [-0.39, 0.29) is 17.1 Å². The summed E-state index contributed by atoms with van der Waals surface area (Å²) in [7, 11) is 0. The van der Waals surface area contributed by atoms with Gasteiger partial charge in [-0.05, 0) is 0 Å². The summed E-state index contributed by atoms with van der Waals surface area (Å²) < 4.78 is 0. The molecular weight excluding hydrogens is 102 g/mol. The van der Waals surface area contributed by atoms with Crippen molar-refractivity contribution in [1.29, 1.82) is 5.26 Å². The first kappa shape index (κ1) is 8.99. The van der Waals surface area contributed by atoms with E-state index in [1.54, 1.807) is 6.07 Å². The molecule has 0 saturated carbocycles. The molecule has 0 aromatic rings. The molecule has 0 aromatic heterocycles. The largest absolute Gasteiger partial charge is 0.199 e. The fourth-order valence-corrected chi connectivity index (χ4v) is 0. The van der Waals surface area contributed by atoms with E-state index in [1.807, 2.05) is 0 Å². The van der Waals surface area contributed by atoms with Crippen LogP contribution < -0.4 is 0 Å². The van der Waals surface area contributed by atoms with E-state index in [4.69, 9.17) is 5.26 Å².